The molecule has 0 bridgehead atoms. The van der Waals surface area contributed by atoms with Crippen molar-refractivity contribution in [3.63, 3.8) is 0 Å². The molecule has 0 heterocycles. The fourth-order valence-corrected chi connectivity index (χ4v) is 4.47. The normalized spacial score (nSPS) is 17.3. The standard InChI is InChI=1S/C17H25ClFNS/c1-2-10-20-13(12-21-14-6-3-4-7-14)11-15-16(18)8-5-9-17(15)19/h5,8-9,13-14,20H,2-4,6-7,10-12H2,1H3. The number of hydrogen-bond donors (Lipinski definition) is 1. The van der Waals surface area contributed by atoms with Crippen LogP contribution in [-0.2, 0) is 6.42 Å². The molecule has 118 valence electrons. The smallest absolute Gasteiger partial charge is 0.127 e. The van der Waals surface area contributed by atoms with E-state index in [9.17, 15) is 4.39 Å². The first kappa shape index (κ1) is 17.1. The van der Waals surface area contributed by atoms with Gasteiger partial charge in [0.2, 0.25) is 0 Å². The van der Waals surface area contributed by atoms with E-state index >= 15 is 0 Å². The molecule has 1 aliphatic carbocycles. The van der Waals surface area contributed by atoms with E-state index in [1.807, 2.05) is 11.8 Å². The lowest BCUT2D eigenvalue weighted by Crippen LogP contribution is -2.35. The van der Waals surface area contributed by atoms with Crippen molar-refractivity contribution in [1.29, 1.82) is 0 Å². The Hall–Kier alpha value is -0.250. The Morgan fingerprint density at radius 1 is 1.38 bits per heavy atom. The Morgan fingerprint density at radius 2 is 2.14 bits per heavy atom. The Balaban J connectivity index is 1.94. The van der Waals surface area contributed by atoms with Crippen LogP contribution >= 0.6 is 23.4 Å². The van der Waals surface area contributed by atoms with E-state index in [4.69, 9.17) is 11.6 Å². The van der Waals surface area contributed by atoms with Crippen molar-refractivity contribution >= 4 is 23.4 Å². The Kier molecular flexibility index (Phi) is 7.35. The number of rotatable bonds is 8. The van der Waals surface area contributed by atoms with Crippen LogP contribution in [0.4, 0.5) is 4.39 Å². The van der Waals surface area contributed by atoms with Crippen LogP contribution in [0.1, 0.15) is 44.6 Å². The quantitative estimate of drug-likeness (QED) is 0.715. The fraction of sp³-hybridized carbons (Fsp3) is 0.647. The van der Waals surface area contributed by atoms with E-state index < -0.39 is 0 Å². The monoisotopic (exact) mass is 329 g/mol. The average molecular weight is 330 g/mol. The average Bonchev–Trinajstić information content (AvgIpc) is 2.98. The van der Waals surface area contributed by atoms with Gasteiger partial charge in [0.05, 0.1) is 0 Å². The lowest BCUT2D eigenvalue weighted by molar-refractivity contribution is 0.530. The third kappa shape index (κ3) is 5.46. The number of hydrogen-bond acceptors (Lipinski definition) is 2. The van der Waals surface area contributed by atoms with Crippen LogP contribution in [0.5, 0.6) is 0 Å². The fourth-order valence-electron chi connectivity index (χ4n) is 2.82. The zero-order valence-corrected chi connectivity index (χ0v) is 14.3. The molecule has 0 aromatic heterocycles. The van der Waals surface area contributed by atoms with Gasteiger partial charge in [0.1, 0.15) is 5.82 Å². The molecule has 1 atom stereocenters. The van der Waals surface area contributed by atoms with Crippen molar-refractivity contribution in [3.8, 4) is 0 Å². The van der Waals surface area contributed by atoms with Gasteiger partial charge in [-0.2, -0.15) is 11.8 Å². The maximum absolute atomic E-state index is 14.0. The molecule has 2 rings (SSSR count). The summed E-state index contributed by atoms with van der Waals surface area (Å²) in [6, 6.07) is 5.25. The van der Waals surface area contributed by atoms with Gasteiger partial charge in [0.25, 0.3) is 0 Å². The Morgan fingerprint density at radius 3 is 2.81 bits per heavy atom. The van der Waals surface area contributed by atoms with Gasteiger partial charge in [-0.05, 0) is 44.4 Å². The van der Waals surface area contributed by atoms with Crippen molar-refractivity contribution < 1.29 is 4.39 Å². The molecular weight excluding hydrogens is 305 g/mol. The molecule has 1 saturated carbocycles. The first-order chi connectivity index (χ1) is 10.2. The van der Waals surface area contributed by atoms with Gasteiger partial charge in [-0.1, -0.05) is 37.4 Å². The molecule has 0 aliphatic heterocycles. The van der Waals surface area contributed by atoms with Crippen LogP contribution < -0.4 is 5.32 Å². The predicted octanol–water partition coefficient (Wildman–Crippen LogP) is 5.07. The number of halogens is 2. The summed E-state index contributed by atoms with van der Waals surface area (Å²) in [5, 5.41) is 4.89. The third-order valence-electron chi connectivity index (χ3n) is 4.03. The summed E-state index contributed by atoms with van der Waals surface area (Å²) in [7, 11) is 0. The number of thioether (sulfide) groups is 1. The van der Waals surface area contributed by atoms with Crippen LogP contribution in [0.25, 0.3) is 0 Å². The highest BCUT2D eigenvalue weighted by atomic mass is 35.5. The molecular formula is C17H25ClFNS. The molecule has 0 radical (unpaired) electrons. The highest BCUT2D eigenvalue weighted by Gasteiger charge is 2.19. The zero-order chi connectivity index (χ0) is 15.1. The molecule has 1 aromatic rings. The van der Waals surface area contributed by atoms with Crippen molar-refractivity contribution in [2.75, 3.05) is 12.3 Å². The SMILES string of the molecule is CCCNC(CSC1CCCC1)Cc1c(F)cccc1Cl. The number of nitrogens with one attached hydrogen (secondary N) is 1. The minimum Gasteiger partial charge on any atom is -0.313 e. The summed E-state index contributed by atoms with van der Waals surface area (Å²) in [4.78, 5) is 0. The lowest BCUT2D eigenvalue weighted by Gasteiger charge is -2.21. The molecule has 1 aromatic carbocycles. The van der Waals surface area contributed by atoms with Gasteiger partial charge in [0, 0.05) is 27.6 Å². The van der Waals surface area contributed by atoms with Gasteiger partial charge in [0.15, 0.2) is 0 Å². The molecule has 4 heteroatoms. The second-order valence-corrected chi connectivity index (χ2v) is 7.54. The highest BCUT2D eigenvalue weighted by molar-refractivity contribution is 7.99. The van der Waals surface area contributed by atoms with Gasteiger partial charge < -0.3 is 5.32 Å². The largest absolute Gasteiger partial charge is 0.313 e. The van der Waals surface area contributed by atoms with E-state index in [0.29, 0.717) is 23.0 Å². The topological polar surface area (TPSA) is 12.0 Å². The molecule has 1 N–H and O–H groups in total. The highest BCUT2D eigenvalue weighted by Crippen LogP contribution is 2.30. The molecule has 0 saturated heterocycles. The van der Waals surface area contributed by atoms with Crippen LogP contribution in [-0.4, -0.2) is 23.6 Å². The Labute approximate surface area is 137 Å². The van der Waals surface area contributed by atoms with Gasteiger partial charge in [-0.15, -0.1) is 0 Å². The maximum Gasteiger partial charge on any atom is 0.127 e. The molecule has 21 heavy (non-hydrogen) atoms. The van der Waals surface area contributed by atoms with E-state index in [0.717, 1.165) is 24.0 Å². The van der Waals surface area contributed by atoms with Crippen molar-refractivity contribution in [1.82, 2.24) is 5.32 Å². The molecule has 1 aliphatic rings. The van der Waals surface area contributed by atoms with Crippen molar-refractivity contribution in [3.05, 3.63) is 34.6 Å². The molecule has 1 fully saturated rings. The summed E-state index contributed by atoms with van der Waals surface area (Å²) in [6.45, 7) is 3.13. The summed E-state index contributed by atoms with van der Waals surface area (Å²) >= 11 is 8.21. The first-order valence-corrected chi connectivity index (χ1v) is 9.41. The molecule has 0 amide bonds. The molecule has 1 unspecified atom stereocenters. The summed E-state index contributed by atoms with van der Waals surface area (Å²) in [6.07, 6.45) is 7.17. The lowest BCUT2D eigenvalue weighted by atomic mass is 10.1. The van der Waals surface area contributed by atoms with E-state index in [1.165, 1.54) is 31.7 Å². The van der Waals surface area contributed by atoms with E-state index in [-0.39, 0.29) is 5.82 Å². The third-order valence-corrected chi connectivity index (χ3v) is 5.92. The van der Waals surface area contributed by atoms with Crippen LogP contribution in [0.3, 0.4) is 0 Å². The molecule has 1 nitrogen and oxygen atoms in total. The summed E-state index contributed by atoms with van der Waals surface area (Å²) in [5.74, 6) is 0.853. The maximum atomic E-state index is 14.0. The van der Waals surface area contributed by atoms with Crippen LogP contribution in [0.15, 0.2) is 18.2 Å². The molecule has 0 spiro atoms. The second-order valence-electron chi connectivity index (χ2n) is 5.80. The van der Waals surface area contributed by atoms with E-state index in [2.05, 4.69) is 12.2 Å². The van der Waals surface area contributed by atoms with Crippen molar-refractivity contribution in [2.24, 2.45) is 0 Å². The minimum absolute atomic E-state index is 0.184. The number of benzene rings is 1. The Bertz CT molecular complexity index is 415. The predicted molar refractivity (Wildman–Crippen MR) is 91.9 cm³/mol. The van der Waals surface area contributed by atoms with Gasteiger partial charge in [-0.25, -0.2) is 4.39 Å². The van der Waals surface area contributed by atoms with Crippen LogP contribution in [0, 0.1) is 5.82 Å². The van der Waals surface area contributed by atoms with Crippen LogP contribution in [0.2, 0.25) is 5.02 Å². The first-order valence-electron chi connectivity index (χ1n) is 7.98. The van der Waals surface area contributed by atoms with Gasteiger partial charge in [-0.3, -0.25) is 0 Å². The van der Waals surface area contributed by atoms with Gasteiger partial charge >= 0.3 is 0 Å². The summed E-state index contributed by atoms with van der Waals surface area (Å²) < 4.78 is 14.0. The zero-order valence-electron chi connectivity index (χ0n) is 12.7. The minimum atomic E-state index is -0.184. The second kappa shape index (κ2) is 9.02. The summed E-state index contributed by atoms with van der Waals surface area (Å²) in [5.41, 5.74) is 0.653. The van der Waals surface area contributed by atoms with E-state index in [1.54, 1.807) is 12.1 Å². The van der Waals surface area contributed by atoms with Crippen molar-refractivity contribution in [2.45, 2.75) is 56.7 Å².